The van der Waals surface area contributed by atoms with Crippen molar-refractivity contribution in [2.75, 3.05) is 38.5 Å². The molecule has 0 atom stereocenters. The van der Waals surface area contributed by atoms with Gasteiger partial charge >= 0.3 is 6.18 Å². The third-order valence-corrected chi connectivity index (χ3v) is 6.58. The number of anilines is 1. The molecule has 0 bridgehead atoms. The lowest BCUT2D eigenvalue weighted by molar-refractivity contribution is -0.172. The van der Waals surface area contributed by atoms with Crippen LogP contribution in [0.25, 0.3) is 0 Å². The van der Waals surface area contributed by atoms with Gasteiger partial charge in [0.2, 0.25) is 5.91 Å². The van der Waals surface area contributed by atoms with Crippen molar-refractivity contribution in [3.63, 3.8) is 0 Å². The fraction of sp³-hybridized carbons (Fsp3) is 0.550. The quantitative estimate of drug-likeness (QED) is 0.746. The van der Waals surface area contributed by atoms with Gasteiger partial charge in [-0.05, 0) is 25.0 Å². The van der Waals surface area contributed by atoms with E-state index in [4.69, 9.17) is 10.5 Å². The molecule has 0 aliphatic carbocycles. The minimum absolute atomic E-state index is 0.0151. The molecule has 2 aliphatic rings. The van der Waals surface area contributed by atoms with Crippen molar-refractivity contribution < 1.29 is 22.7 Å². The molecular formula is C20H24F3N5O2S. The van der Waals surface area contributed by atoms with Crippen molar-refractivity contribution >= 4 is 22.4 Å². The maximum absolute atomic E-state index is 12.7. The highest BCUT2D eigenvalue weighted by atomic mass is 32.1. The number of ether oxygens (including phenoxy) is 1. The fourth-order valence-electron chi connectivity index (χ4n) is 4.01. The Morgan fingerprint density at radius 3 is 2.61 bits per heavy atom. The number of thiazole rings is 1. The number of hydrogen-bond donors (Lipinski definition) is 1. The third-order valence-electron chi connectivity index (χ3n) is 5.86. The van der Waals surface area contributed by atoms with Crippen molar-refractivity contribution in [3.05, 3.63) is 40.7 Å². The molecule has 2 aromatic heterocycles. The first-order valence-electron chi connectivity index (χ1n) is 10.1. The summed E-state index contributed by atoms with van der Waals surface area (Å²) in [5.41, 5.74) is 5.89. The largest absolute Gasteiger partial charge is 0.417 e. The van der Waals surface area contributed by atoms with Gasteiger partial charge in [-0.3, -0.25) is 9.78 Å². The van der Waals surface area contributed by atoms with E-state index < -0.39 is 17.3 Å². The number of carbonyl (C=O) groups excluding carboxylic acids is 1. The maximum Gasteiger partial charge on any atom is 0.417 e. The Bertz CT molecular complexity index is 910. The number of amides is 1. The van der Waals surface area contributed by atoms with Crippen LogP contribution in [-0.2, 0) is 28.7 Å². The highest BCUT2D eigenvalue weighted by Gasteiger charge is 2.42. The first-order valence-corrected chi connectivity index (χ1v) is 11.0. The number of alkyl halides is 3. The minimum Gasteiger partial charge on any atom is -0.375 e. The fourth-order valence-corrected chi connectivity index (χ4v) is 4.61. The van der Waals surface area contributed by atoms with Gasteiger partial charge in [-0.25, -0.2) is 4.98 Å². The second-order valence-corrected chi connectivity index (χ2v) is 8.92. The first kappa shape index (κ1) is 22.0. The second kappa shape index (κ2) is 8.71. The number of nitrogens with zero attached hydrogens (tertiary/aromatic N) is 4. The molecule has 2 fully saturated rings. The van der Waals surface area contributed by atoms with Crippen LogP contribution in [0, 0.1) is 0 Å². The smallest absolute Gasteiger partial charge is 0.375 e. The van der Waals surface area contributed by atoms with Crippen molar-refractivity contribution in [1.29, 1.82) is 0 Å². The molecular weight excluding hydrogens is 431 g/mol. The van der Waals surface area contributed by atoms with Gasteiger partial charge in [0.05, 0.1) is 35.6 Å². The molecule has 2 aliphatic heterocycles. The average Bonchev–Trinajstić information content (AvgIpc) is 3.15. The SMILES string of the molecule is Nc1nc(CCN2CCC3(CC2)CN(Cc2ccc(C(F)(F)F)cn2)C(=O)CO3)cs1. The van der Waals surface area contributed by atoms with Crippen molar-refractivity contribution in [2.45, 2.75) is 37.6 Å². The predicted octanol–water partition coefficient (Wildman–Crippen LogP) is 2.58. The van der Waals surface area contributed by atoms with E-state index >= 15 is 0 Å². The number of halogens is 3. The van der Waals surface area contributed by atoms with Crippen LogP contribution in [0.3, 0.4) is 0 Å². The van der Waals surface area contributed by atoms with Crippen LogP contribution in [0.4, 0.5) is 18.3 Å². The third kappa shape index (κ3) is 5.34. The second-order valence-electron chi connectivity index (χ2n) is 8.03. The molecule has 4 rings (SSSR count). The summed E-state index contributed by atoms with van der Waals surface area (Å²) in [6.45, 7) is 3.17. The molecule has 0 aromatic carbocycles. The Morgan fingerprint density at radius 2 is 2.00 bits per heavy atom. The van der Waals surface area contributed by atoms with Crippen LogP contribution < -0.4 is 5.73 Å². The van der Waals surface area contributed by atoms with Gasteiger partial charge in [-0.2, -0.15) is 13.2 Å². The highest BCUT2D eigenvalue weighted by Crippen LogP contribution is 2.32. The Hall–Kier alpha value is -2.24. The lowest BCUT2D eigenvalue weighted by Gasteiger charge is -2.47. The summed E-state index contributed by atoms with van der Waals surface area (Å²) < 4.78 is 44.1. The summed E-state index contributed by atoms with van der Waals surface area (Å²) >= 11 is 1.44. The molecule has 168 valence electrons. The molecule has 2 aromatic rings. The summed E-state index contributed by atoms with van der Waals surface area (Å²) in [5, 5.41) is 2.56. The summed E-state index contributed by atoms with van der Waals surface area (Å²) in [6, 6.07) is 2.32. The number of piperidine rings is 1. The predicted molar refractivity (Wildman–Crippen MR) is 109 cm³/mol. The Labute approximate surface area is 182 Å². The van der Waals surface area contributed by atoms with E-state index in [1.807, 2.05) is 5.38 Å². The summed E-state index contributed by atoms with van der Waals surface area (Å²) in [7, 11) is 0. The number of morpholine rings is 1. The maximum atomic E-state index is 12.7. The monoisotopic (exact) mass is 455 g/mol. The van der Waals surface area contributed by atoms with Crippen LogP contribution in [0.1, 0.15) is 29.8 Å². The van der Waals surface area contributed by atoms with Gasteiger partial charge in [-0.15, -0.1) is 11.3 Å². The Balaban J connectivity index is 1.31. The molecule has 0 saturated carbocycles. The molecule has 2 N–H and O–H groups in total. The number of pyridine rings is 1. The number of nitrogens with two attached hydrogens (primary N) is 1. The molecule has 31 heavy (non-hydrogen) atoms. The molecule has 7 nitrogen and oxygen atoms in total. The van der Waals surface area contributed by atoms with Crippen molar-refractivity contribution in [3.8, 4) is 0 Å². The minimum atomic E-state index is -4.43. The zero-order chi connectivity index (χ0) is 22.1. The Kier molecular flexibility index (Phi) is 6.18. The lowest BCUT2D eigenvalue weighted by atomic mass is 9.89. The van der Waals surface area contributed by atoms with Crippen molar-refractivity contribution in [2.24, 2.45) is 0 Å². The number of nitrogen functional groups attached to an aromatic ring is 1. The van der Waals surface area contributed by atoms with Crippen LogP contribution in [0.2, 0.25) is 0 Å². The average molecular weight is 456 g/mol. The van der Waals surface area contributed by atoms with Crippen molar-refractivity contribution in [1.82, 2.24) is 19.8 Å². The summed E-state index contributed by atoms with van der Waals surface area (Å²) in [4.78, 5) is 24.5. The van der Waals surface area contributed by atoms with Crippen LogP contribution >= 0.6 is 11.3 Å². The normalized spacial score (nSPS) is 19.8. The number of rotatable bonds is 5. The number of carbonyl (C=O) groups is 1. The molecule has 1 spiro atoms. The molecule has 1 amide bonds. The lowest BCUT2D eigenvalue weighted by Crippen LogP contribution is -2.58. The molecule has 4 heterocycles. The van der Waals surface area contributed by atoms with E-state index in [0.29, 0.717) is 17.4 Å². The number of aromatic nitrogens is 2. The van der Waals surface area contributed by atoms with Gasteiger partial charge in [-0.1, -0.05) is 0 Å². The molecule has 11 heteroatoms. The van der Waals surface area contributed by atoms with E-state index in [0.717, 1.165) is 56.9 Å². The highest BCUT2D eigenvalue weighted by molar-refractivity contribution is 7.13. The van der Waals surface area contributed by atoms with Gasteiger partial charge in [0.15, 0.2) is 5.13 Å². The summed E-state index contributed by atoms with van der Waals surface area (Å²) in [6.07, 6.45) is -1.20. The van der Waals surface area contributed by atoms with Gasteiger partial charge in [0, 0.05) is 37.6 Å². The molecule has 0 unspecified atom stereocenters. The van der Waals surface area contributed by atoms with E-state index in [1.54, 1.807) is 4.90 Å². The van der Waals surface area contributed by atoms with Gasteiger partial charge < -0.3 is 20.3 Å². The van der Waals surface area contributed by atoms with E-state index in [9.17, 15) is 18.0 Å². The van der Waals surface area contributed by atoms with Gasteiger partial charge in [0.1, 0.15) is 6.61 Å². The van der Waals surface area contributed by atoms with Crippen LogP contribution in [0.15, 0.2) is 23.7 Å². The molecule has 2 saturated heterocycles. The number of likely N-dealkylation sites (tertiary alicyclic amines) is 1. The zero-order valence-corrected chi connectivity index (χ0v) is 17.7. The standard InChI is InChI=1S/C20H24F3N5O2S/c21-20(22,23)14-1-2-15(25-9-14)10-28-13-19(30-11-17(28)29)4-7-27(8-5-19)6-3-16-12-31-18(24)26-16/h1-2,9,12H,3-8,10-11,13H2,(H2,24,26). The van der Waals surface area contributed by atoms with Crippen LogP contribution in [-0.4, -0.2) is 64.1 Å². The first-order chi connectivity index (χ1) is 14.7. The van der Waals surface area contributed by atoms with E-state index in [2.05, 4.69) is 14.9 Å². The summed E-state index contributed by atoms with van der Waals surface area (Å²) in [5.74, 6) is -0.170. The topological polar surface area (TPSA) is 84.6 Å². The van der Waals surface area contributed by atoms with E-state index in [1.165, 1.54) is 17.4 Å². The van der Waals surface area contributed by atoms with Crippen LogP contribution in [0.5, 0.6) is 0 Å². The number of hydrogen-bond acceptors (Lipinski definition) is 7. The Morgan fingerprint density at radius 1 is 1.23 bits per heavy atom. The molecule has 0 radical (unpaired) electrons. The van der Waals surface area contributed by atoms with Gasteiger partial charge in [0.25, 0.3) is 0 Å². The van der Waals surface area contributed by atoms with E-state index in [-0.39, 0.29) is 19.1 Å². The zero-order valence-electron chi connectivity index (χ0n) is 16.9.